The lowest BCUT2D eigenvalue weighted by Crippen LogP contribution is -2.56. The molecule has 1 aromatic heterocycles. The molecule has 4 rings (SSSR count). The highest BCUT2D eigenvalue weighted by atomic mass is 19.1. The number of benzene rings is 1. The van der Waals surface area contributed by atoms with Gasteiger partial charge in [-0.15, -0.1) is 0 Å². The smallest absolute Gasteiger partial charge is 0.368 e. The van der Waals surface area contributed by atoms with E-state index in [1.165, 1.54) is 47.2 Å². The van der Waals surface area contributed by atoms with Crippen molar-refractivity contribution >= 4 is 17.9 Å². The molecule has 1 aromatic carbocycles. The number of anilines is 1. The average Bonchev–Trinajstić information content (AvgIpc) is 3.55. The van der Waals surface area contributed by atoms with E-state index in [1.54, 1.807) is 6.92 Å². The minimum Gasteiger partial charge on any atom is -0.488 e. The van der Waals surface area contributed by atoms with Gasteiger partial charge in [0.05, 0.1) is 29.6 Å². The molecule has 2 aromatic rings. The molecule has 15 heteroatoms. The number of nitrogens with one attached hydrogen (secondary N) is 2. The van der Waals surface area contributed by atoms with Gasteiger partial charge in [-0.05, 0) is 97.2 Å². The minimum absolute atomic E-state index is 0.0110. The van der Waals surface area contributed by atoms with Gasteiger partial charge in [0.2, 0.25) is 5.96 Å². The Hall–Kier alpha value is -3.69. The fourth-order valence-electron chi connectivity index (χ4n) is 5.85. The Morgan fingerprint density at radius 1 is 1.22 bits per heavy atom. The van der Waals surface area contributed by atoms with Gasteiger partial charge in [0.15, 0.2) is 11.6 Å². The molecule has 4 N–H and O–H groups in total. The summed E-state index contributed by atoms with van der Waals surface area (Å²) in [6.45, 7) is 13.0. The van der Waals surface area contributed by atoms with Crippen molar-refractivity contribution < 1.29 is 23.7 Å². The van der Waals surface area contributed by atoms with Crippen molar-refractivity contribution in [3.05, 3.63) is 40.0 Å². The lowest BCUT2D eigenvalue weighted by molar-refractivity contribution is 0.0283. The van der Waals surface area contributed by atoms with Gasteiger partial charge in [-0.2, -0.15) is 9.36 Å². The number of nitrogens with zero attached hydrogens (tertiary/aromatic N) is 7. The number of piperidine rings is 1. The maximum absolute atomic E-state index is 15.5. The molecule has 254 valence electrons. The first-order chi connectivity index (χ1) is 21.3. The van der Waals surface area contributed by atoms with Crippen LogP contribution in [0.4, 0.5) is 14.5 Å². The highest BCUT2D eigenvalue weighted by Crippen LogP contribution is 2.38. The second-order valence-electron chi connectivity index (χ2n) is 14.1. The number of aliphatic hydroxyl groups is 2. The number of fused-ring (bicyclic) bond motifs is 1. The van der Waals surface area contributed by atoms with Gasteiger partial charge >= 0.3 is 5.69 Å². The summed E-state index contributed by atoms with van der Waals surface area (Å²) in [5.41, 5.74) is -2.94. The molecule has 0 saturated carbocycles. The molecule has 0 amide bonds. The van der Waals surface area contributed by atoms with Crippen molar-refractivity contribution in [2.24, 2.45) is 17.0 Å². The fourth-order valence-corrected chi connectivity index (χ4v) is 5.85. The Balaban J connectivity index is 1.61. The Kier molecular flexibility index (Phi) is 10.4. The third-order valence-electron chi connectivity index (χ3n) is 7.98. The first kappa shape index (κ1) is 35.2. The molecule has 13 nitrogen and oxygen atoms in total. The predicted octanol–water partition coefficient (Wildman–Crippen LogP) is 3.06. The highest BCUT2D eigenvalue weighted by molar-refractivity contribution is 6.01. The molecule has 0 unspecified atom stereocenters. The van der Waals surface area contributed by atoms with Crippen molar-refractivity contribution in [2.75, 3.05) is 25.0 Å². The fraction of sp³-hybridized carbons (Fsp3) is 0.645. The lowest BCUT2D eigenvalue weighted by atomic mass is 9.83. The van der Waals surface area contributed by atoms with Crippen molar-refractivity contribution in [3.8, 4) is 11.4 Å². The monoisotopic (exact) mass is 647 g/mol. The summed E-state index contributed by atoms with van der Waals surface area (Å²) in [5.74, 6) is -1.69. The number of guanidine groups is 1. The molecular weight excluding hydrogens is 600 g/mol. The third kappa shape index (κ3) is 8.97. The van der Waals surface area contributed by atoms with Crippen molar-refractivity contribution in [2.45, 2.75) is 103 Å². The van der Waals surface area contributed by atoms with Gasteiger partial charge in [0.25, 0.3) is 0 Å². The van der Waals surface area contributed by atoms with Gasteiger partial charge in [0, 0.05) is 36.4 Å². The zero-order chi connectivity index (χ0) is 34.0. The van der Waals surface area contributed by atoms with E-state index < -0.39 is 28.5 Å². The molecule has 0 aliphatic carbocycles. The van der Waals surface area contributed by atoms with Crippen LogP contribution in [0.2, 0.25) is 0 Å². The number of aromatic nitrogens is 4. The van der Waals surface area contributed by atoms with Crippen LogP contribution < -0.4 is 21.1 Å². The van der Waals surface area contributed by atoms with E-state index in [1.807, 2.05) is 0 Å². The Morgan fingerprint density at radius 3 is 2.57 bits per heavy atom. The molecule has 2 saturated heterocycles. The van der Waals surface area contributed by atoms with Crippen LogP contribution in [-0.4, -0.2) is 95.6 Å². The first-order valence-electron chi connectivity index (χ1n) is 15.5. The summed E-state index contributed by atoms with van der Waals surface area (Å²) < 4.78 is 38.4. The quantitative estimate of drug-likeness (QED) is 0.225. The van der Waals surface area contributed by atoms with E-state index in [0.29, 0.717) is 11.7 Å². The van der Waals surface area contributed by atoms with Crippen molar-refractivity contribution in [1.82, 2.24) is 30.0 Å². The highest BCUT2D eigenvalue weighted by Gasteiger charge is 2.42. The summed E-state index contributed by atoms with van der Waals surface area (Å²) in [5, 5.41) is 34.0. The zero-order valence-electron chi connectivity index (χ0n) is 27.9. The Bertz CT molecular complexity index is 1550. The van der Waals surface area contributed by atoms with Crippen LogP contribution in [0, 0.1) is 5.82 Å². The maximum atomic E-state index is 15.5. The minimum atomic E-state index is -1.25. The first-order valence-corrected chi connectivity index (χ1v) is 15.5. The maximum Gasteiger partial charge on any atom is 0.368 e. The molecule has 2 fully saturated rings. The standard InChI is InChI=1S/C31H47F2N9O4/c1-19(36-20-12-21-10-9-11-41(21)29(2,3)15-20)23(33)16-34-27(35-17-30(4,5)44)37-24-14-25(42-28(43)40(8)38-39-42)26(13-22(24)32)46-18-31(6,7)45/h13-14,16,20-21,36,44-45H,9-12,15,17-18H2,1-8H3,(H,35,37)/b23-19-,34-16?/t20-,21+/m1/s1. The van der Waals surface area contributed by atoms with Gasteiger partial charge < -0.3 is 25.6 Å². The number of hydrogen-bond donors (Lipinski definition) is 4. The van der Waals surface area contributed by atoms with E-state index in [4.69, 9.17) is 4.74 Å². The van der Waals surface area contributed by atoms with Crippen LogP contribution in [0.15, 0.2) is 38.4 Å². The number of hydrogen-bond acceptors (Lipinski definition) is 9. The number of ether oxygens (including phenoxy) is 1. The molecule has 2 atom stereocenters. The van der Waals surface area contributed by atoms with Crippen LogP contribution in [0.3, 0.4) is 0 Å². The Labute approximate surface area is 268 Å². The number of aliphatic imine (C=N–C) groups is 2. The predicted molar refractivity (Wildman–Crippen MR) is 173 cm³/mol. The summed E-state index contributed by atoms with van der Waals surface area (Å²) in [6.07, 6.45) is 5.09. The molecule has 3 heterocycles. The summed E-state index contributed by atoms with van der Waals surface area (Å²) >= 11 is 0. The number of rotatable bonds is 10. The molecular formula is C31H47F2N9O4. The second-order valence-corrected chi connectivity index (χ2v) is 14.1. The molecule has 2 aliphatic rings. The number of aryl methyl sites for hydroxylation is 1. The number of allylic oxidation sites excluding steroid dienone is 2. The van der Waals surface area contributed by atoms with Gasteiger partial charge in [-0.1, -0.05) is 0 Å². The lowest BCUT2D eigenvalue weighted by Gasteiger charge is -2.48. The molecule has 0 spiro atoms. The molecule has 0 radical (unpaired) electrons. The topological polar surface area (TPSA) is 154 Å². The van der Waals surface area contributed by atoms with Crippen LogP contribution >= 0.6 is 0 Å². The van der Waals surface area contributed by atoms with Crippen LogP contribution in [0.5, 0.6) is 5.75 Å². The molecule has 2 aliphatic heterocycles. The number of tetrazole rings is 1. The third-order valence-corrected chi connectivity index (χ3v) is 7.98. The summed E-state index contributed by atoms with van der Waals surface area (Å²) in [6, 6.07) is 2.84. The second kappa shape index (κ2) is 13.6. The average molecular weight is 648 g/mol. The number of halogens is 2. The van der Waals surface area contributed by atoms with Gasteiger partial charge in [0.1, 0.15) is 18.0 Å². The summed E-state index contributed by atoms with van der Waals surface area (Å²) in [4.78, 5) is 23.7. The van der Waals surface area contributed by atoms with Crippen LogP contribution in [0.1, 0.15) is 74.1 Å². The zero-order valence-corrected chi connectivity index (χ0v) is 27.9. The van der Waals surface area contributed by atoms with Crippen LogP contribution in [-0.2, 0) is 7.05 Å². The van der Waals surface area contributed by atoms with Crippen molar-refractivity contribution in [1.29, 1.82) is 0 Å². The summed E-state index contributed by atoms with van der Waals surface area (Å²) in [7, 11) is 1.40. The SMILES string of the molecule is C/C(N[C@@H]1C[C@@H]2CCCN2C(C)(C)C1)=C(/F)C=NC(=NCC(C)(C)O)Nc1cc(-n2nnn(C)c2=O)c(OCC(C)(C)O)cc1F. The van der Waals surface area contributed by atoms with E-state index in [2.05, 4.69) is 49.8 Å². The van der Waals surface area contributed by atoms with E-state index in [9.17, 15) is 15.0 Å². The normalized spacial score (nSPS) is 21.3. The van der Waals surface area contributed by atoms with Gasteiger partial charge in [-0.25, -0.2) is 23.6 Å². The van der Waals surface area contributed by atoms with Crippen molar-refractivity contribution in [3.63, 3.8) is 0 Å². The van der Waals surface area contributed by atoms with Gasteiger partial charge in [-0.3, -0.25) is 4.90 Å². The molecule has 0 bridgehead atoms. The van der Waals surface area contributed by atoms with E-state index >= 15 is 8.78 Å². The van der Waals surface area contributed by atoms with Crippen LogP contribution in [0.25, 0.3) is 5.69 Å². The molecule has 46 heavy (non-hydrogen) atoms. The largest absolute Gasteiger partial charge is 0.488 e. The van der Waals surface area contributed by atoms with E-state index in [0.717, 1.165) is 47.5 Å². The Morgan fingerprint density at radius 2 is 1.93 bits per heavy atom. The van der Waals surface area contributed by atoms with E-state index in [-0.39, 0.29) is 47.8 Å².